The van der Waals surface area contributed by atoms with Crippen LogP contribution in [0.5, 0.6) is 0 Å². The van der Waals surface area contributed by atoms with E-state index >= 15 is 0 Å². The van der Waals surface area contributed by atoms with Crippen LogP contribution in [-0.4, -0.2) is 32.5 Å². The molecule has 1 aliphatic carbocycles. The number of rotatable bonds is 3. The van der Waals surface area contributed by atoms with E-state index in [1.54, 1.807) is 6.07 Å². The summed E-state index contributed by atoms with van der Waals surface area (Å²) in [6.07, 6.45) is 1.16. The van der Waals surface area contributed by atoms with Gasteiger partial charge in [0.15, 0.2) is 5.78 Å². The van der Waals surface area contributed by atoms with Crippen molar-refractivity contribution in [2.75, 3.05) is 0 Å². The Hall–Kier alpha value is -2.89. The van der Waals surface area contributed by atoms with Gasteiger partial charge in [0.25, 0.3) is 0 Å². The third kappa shape index (κ3) is 2.84. The average molecular weight is 341 g/mol. The van der Waals surface area contributed by atoms with Crippen LogP contribution in [-0.2, 0) is 6.42 Å². The Morgan fingerprint density at radius 1 is 1.04 bits per heavy atom. The predicted octanol–water partition coefficient (Wildman–Crippen LogP) is 3.34. The van der Waals surface area contributed by atoms with Crippen molar-refractivity contribution >= 4 is 17.7 Å². The number of ketones is 1. The zero-order valence-electron chi connectivity index (χ0n) is 14.3. The summed E-state index contributed by atoms with van der Waals surface area (Å²) in [6.45, 7) is 5.90. The second-order valence-electron chi connectivity index (χ2n) is 7.26. The minimum atomic E-state index is -1.30. The molecule has 3 rings (SSSR count). The fourth-order valence-electron chi connectivity index (χ4n) is 3.55. The van der Waals surface area contributed by atoms with Crippen molar-refractivity contribution in [1.29, 1.82) is 0 Å². The van der Waals surface area contributed by atoms with Crippen LogP contribution in [0.3, 0.4) is 0 Å². The van der Waals surface area contributed by atoms with Gasteiger partial charge >= 0.3 is 11.9 Å². The molecule has 6 nitrogen and oxygen atoms in total. The number of hydrogen-bond acceptors (Lipinski definition) is 3. The molecule has 0 radical (unpaired) electrons. The molecular weight excluding hydrogens is 322 g/mol. The van der Waals surface area contributed by atoms with Gasteiger partial charge in [-0.3, -0.25) is 4.79 Å². The number of aromatic nitrogens is 1. The molecule has 1 aliphatic rings. The maximum atomic E-state index is 12.4. The molecule has 2 aromatic rings. The van der Waals surface area contributed by atoms with E-state index in [9.17, 15) is 24.6 Å². The van der Waals surface area contributed by atoms with E-state index in [0.717, 1.165) is 11.4 Å². The van der Waals surface area contributed by atoms with Crippen molar-refractivity contribution in [3.05, 3.63) is 52.3 Å². The standard InChI is InChI=1S/C19H19NO5/c1-10-6-14-15(8-19(2,3)9-16(14)21)20(10)11-4-5-12(17(22)23)13(7-11)18(24)25/h4-7H,8-9H2,1-3H3,(H,22,23)(H,24,25). The lowest BCUT2D eigenvalue weighted by molar-refractivity contribution is 0.0651. The van der Waals surface area contributed by atoms with E-state index < -0.39 is 11.9 Å². The molecule has 0 saturated heterocycles. The van der Waals surface area contributed by atoms with Crippen LogP contribution in [0.15, 0.2) is 24.3 Å². The first-order valence-electron chi connectivity index (χ1n) is 7.96. The number of hydrogen-bond donors (Lipinski definition) is 2. The van der Waals surface area contributed by atoms with Gasteiger partial charge < -0.3 is 14.8 Å². The van der Waals surface area contributed by atoms with Crippen molar-refractivity contribution < 1.29 is 24.6 Å². The topological polar surface area (TPSA) is 96.6 Å². The lowest BCUT2D eigenvalue weighted by Gasteiger charge is -2.30. The summed E-state index contributed by atoms with van der Waals surface area (Å²) in [5.74, 6) is -2.51. The van der Waals surface area contributed by atoms with Gasteiger partial charge in [-0.25, -0.2) is 9.59 Å². The van der Waals surface area contributed by atoms with Crippen LogP contribution in [0.1, 0.15) is 62.7 Å². The van der Waals surface area contributed by atoms with Crippen molar-refractivity contribution in [3.8, 4) is 5.69 Å². The highest BCUT2D eigenvalue weighted by atomic mass is 16.4. The smallest absolute Gasteiger partial charge is 0.336 e. The number of aromatic carboxylic acids is 2. The van der Waals surface area contributed by atoms with Crippen LogP contribution in [0.4, 0.5) is 0 Å². The zero-order chi connectivity index (χ0) is 18.5. The molecule has 0 bridgehead atoms. The predicted molar refractivity (Wildman–Crippen MR) is 90.9 cm³/mol. The Kier molecular flexibility index (Phi) is 3.78. The number of Topliss-reactive ketones (excluding diaryl/α,β-unsaturated/α-hetero) is 1. The number of fused-ring (bicyclic) bond motifs is 1. The molecule has 1 heterocycles. The van der Waals surface area contributed by atoms with Crippen LogP contribution < -0.4 is 0 Å². The second-order valence-corrected chi connectivity index (χ2v) is 7.26. The SMILES string of the molecule is Cc1cc2c(n1-c1ccc(C(=O)O)c(C(=O)O)c1)CC(C)(C)CC2=O. The molecule has 0 fully saturated rings. The number of aryl methyl sites for hydroxylation is 1. The van der Waals surface area contributed by atoms with Crippen LogP contribution in [0, 0.1) is 12.3 Å². The average Bonchev–Trinajstić information content (AvgIpc) is 2.81. The van der Waals surface area contributed by atoms with E-state index in [2.05, 4.69) is 0 Å². The van der Waals surface area contributed by atoms with Crippen LogP contribution in [0.2, 0.25) is 0 Å². The summed E-state index contributed by atoms with van der Waals surface area (Å²) in [4.78, 5) is 35.1. The highest BCUT2D eigenvalue weighted by molar-refractivity contribution is 6.02. The summed E-state index contributed by atoms with van der Waals surface area (Å²) >= 11 is 0. The Balaban J connectivity index is 2.22. The number of carbonyl (C=O) groups is 3. The Bertz CT molecular complexity index is 920. The monoisotopic (exact) mass is 341 g/mol. The molecule has 0 unspecified atom stereocenters. The van der Waals surface area contributed by atoms with Gasteiger partial charge in [0.2, 0.25) is 0 Å². The number of nitrogens with zero attached hydrogens (tertiary/aromatic N) is 1. The van der Waals surface area contributed by atoms with Gasteiger partial charge in [0.05, 0.1) is 11.1 Å². The first kappa shape index (κ1) is 17.0. The van der Waals surface area contributed by atoms with Crippen molar-refractivity contribution in [2.24, 2.45) is 5.41 Å². The van der Waals surface area contributed by atoms with Gasteiger partial charge in [-0.2, -0.15) is 0 Å². The van der Waals surface area contributed by atoms with E-state index in [1.165, 1.54) is 12.1 Å². The maximum Gasteiger partial charge on any atom is 0.336 e. The van der Waals surface area contributed by atoms with Gasteiger partial charge in [0.1, 0.15) is 0 Å². The molecule has 2 N–H and O–H groups in total. The van der Waals surface area contributed by atoms with Gasteiger partial charge in [0, 0.05) is 29.1 Å². The minimum Gasteiger partial charge on any atom is -0.478 e. The molecule has 0 saturated carbocycles. The molecule has 1 aromatic heterocycles. The minimum absolute atomic E-state index is 0.0775. The van der Waals surface area contributed by atoms with Gasteiger partial charge in [-0.15, -0.1) is 0 Å². The fraction of sp³-hybridized carbons (Fsp3) is 0.316. The highest BCUT2D eigenvalue weighted by Crippen LogP contribution is 2.37. The Labute approximate surface area is 144 Å². The first-order valence-corrected chi connectivity index (χ1v) is 7.96. The Morgan fingerprint density at radius 3 is 2.28 bits per heavy atom. The van der Waals surface area contributed by atoms with Crippen molar-refractivity contribution in [2.45, 2.75) is 33.6 Å². The highest BCUT2D eigenvalue weighted by Gasteiger charge is 2.34. The van der Waals surface area contributed by atoms with Crippen LogP contribution >= 0.6 is 0 Å². The molecule has 0 amide bonds. The normalized spacial score (nSPS) is 15.7. The quantitative estimate of drug-likeness (QED) is 0.892. The number of carboxylic acid groups (broad SMARTS) is 2. The molecule has 0 spiro atoms. The molecule has 0 aliphatic heterocycles. The number of carboxylic acids is 2. The summed E-state index contributed by atoms with van der Waals surface area (Å²) in [5, 5.41) is 18.5. The molecule has 0 atom stereocenters. The lowest BCUT2D eigenvalue weighted by Crippen LogP contribution is -2.27. The van der Waals surface area contributed by atoms with Gasteiger partial charge in [-0.05, 0) is 43.0 Å². The van der Waals surface area contributed by atoms with Crippen LogP contribution in [0.25, 0.3) is 5.69 Å². The molecular formula is C19H19NO5. The van der Waals surface area contributed by atoms with Crippen molar-refractivity contribution in [1.82, 2.24) is 4.57 Å². The summed E-state index contributed by atoms with van der Waals surface area (Å²) < 4.78 is 1.85. The largest absolute Gasteiger partial charge is 0.478 e. The van der Waals surface area contributed by atoms with E-state index in [1.807, 2.05) is 31.4 Å². The number of carbonyl (C=O) groups excluding carboxylic acids is 1. The molecule has 25 heavy (non-hydrogen) atoms. The number of benzene rings is 1. The third-order valence-corrected chi connectivity index (χ3v) is 4.59. The fourth-order valence-corrected chi connectivity index (χ4v) is 3.55. The summed E-state index contributed by atoms with van der Waals surface area (Å²) in [6, 6.07) is 6.04. The van der Waals surface area contributed by atoms with E-state index in [-0.39, 0.29) is 22.3 Å². The lowest BCUT2D eigenvalue weighted by atomic mass is 9.76. The second kappa shape index (κ2) is 5.58. The summed E-state index contributed by atoms with van der Waals surface area (Å²) in [5.41, 5.74) is 2.17. The van der Waals surface area contributed by atoms with E-state index in [0.29, 0.717) is 24.1 Å². The van der Waals surface area contributed by atoms with Crippen molar-refractivity contribution in [3.63, 3.8) is 0 Å². The molecule has 6 heteroatoms. The first-order chi connectivity index (χ1) is 11.6. The molecule has 130 valence electrons. The Morgan fingerprint density at radius 2 is 1.68 bits per heavy atom. The maximum absolute atomic E-state index is 12.4. The third-order valence-electron chi connectivity index (χ3n) is 4.59. The van der Waals surface area contributed by atoms with Gasteiger partial charge in [-0.1, -0.05) is 13.8 Å². The van der Waals surface area contributed by atoms with E-state index in [4.69, 9.17) is 0 Å². The molecule has 1 aromatic carbocycles. The summed E-state index contributed by atoms with van der Waals surface area (Å²) in [7, 11) is 0. The zero-order valence-corrected chi connectivity index (χ0v) is 14.3.